The van der Waals surface area contributed by atoms with Crippen LogP contribution in [0.25, 0.3) is 0 Å². The smallest absolute Gasteiger partial charge is 0.203 e. The molecular weight excluding hydrogens is 212 g/mol. The van der Waals surface area contributed by atoms with Gasteiger partial charge in [-0.05, 0) is 40.3 Å². The van der Waals surface area contributed by atoms with Gasteiger partial charge in [-0.3, -0.25) is 0 Å². The zero-order valence-corrected chi connectivity index (χ0v) is 11.2. The summed E-state index contributed by atoms with van der Waals surface area (Å²) in [6.45, 7) is 7.41. The Balaban J connectivity index is 1.92. The summed E-state index contributed by atoms with van der Waals surface area (Å²) in [7, 11) is 2.23. The maximum atomic E-state index is 4.52. The van der Waals surface area contributed by atoms with Crippen molar-refractivity contribution in [3.63, 3.8) is 0 Å². The molecule has 4 nitrogen and oxygen atoms in total. The minimum Gasteiger partial charge on any atom is -0.354 e. The van der Waals surface area contributed by atoms with Gasteiger partial charge in [0.1, 0.15) is 0 Å². The topological polar surface area (TPSA) is 33.1 Å². The zero-order chi connectivity index (χ0) is 12.3. The number of anilines is 1. The Kier molecular flexibility index (Phi) is 4.05. The predicted molar refractivity (Wildman–Crippen MR) is 71.4 cm³/mol. The molecule has 0 saturated carbocycles. The molecular formula is C13H24N4. The van der Waals surface area contributed by atoms with E-state index in [2.05, 4.69) is 39.9 Å². The molecule has 1 atom stereocenters. The van der Waals surface area contributed by atoms with Crippen LogP contribution in [0.1, 0.15) is 31.9 Å². The van der Waals surface area contributed by atoms with Gasteiger partial charge in [-0.15, -0.1) is 0 Å². The summed E-state index contributed by atoms with van der Waals surface area (Å²) in [5.74, 6) is 1.02. The molecule has 0 radical (unpaired) electrons. The number of imidazole rings is 1. The molecule has 4 heteroatoms. The lowest BCUT2D eigenvalue weighted by atomic mass is 10.0. The molecule has 2 heterocycles. The van der Waals surface area contributed by atoms with Crippen molar-refractivity contribution in [1.82, 2.24) is 14.5 Å². The van der Waals surface area contributed by atoms with E-state index in [-0.39, 0.29) is 0 Å². The molecule has 1 aliphatic rings. The van der Waals surface area contributed by atoms with Crippen molar-refractivity contribution in [3.8, 4) is 0 Å². The Morgan fingerprint density at radius 3 is 3.00 bits per heavy atom. The minimum atomic E-state index is 0.658. The molecule has 96 valence electrons. The van der Waals surface area contributed by atoms with Crippen LogP contribution in [0.15, 0.2) is 6.20 Å². The zero-order valence-electron chi connectivity index (χ0n) is 11.2. The van der Waals surface area contributed by atoms with Crippen molar-refractivity contribution >= 4 is 5.95 Å². The van der Waals surface area contributed by atoms with E-state index in [1.54, 1.807) is 0 Å². The van der Waals surface area contributed by atoms with E-state index in [0.29, 0.717) is 6.04 Å². The standard InChI is InChI=1S/C13H24N4/c1-4-17-10-11(2)15-13(17)14-9-12-7-5-6-8-16(12)3/h10,12H,4-9H2,1-3H3,(H,14,15). The number of nitrogens with one attached hydrogen (secondary N) is 1. The van der Waals surface area contributed by atoms with Crippen LogP contribution in [-0.2, 0) is 6.54 Å². The normalized spacial score (nSPS) is 21.7. The van der Waals surface area contributed by atoms with Crippen molar-refractivity contribution in [2.45, 2.75) is 45.7 Å². The SMILES string of the molecule is CCn1cc(C)nc1NCC1CCCCN1C. The van der Waals surface area contributed by atoms with Gasteiger partial charge in [0.15, 0.2) is 0 Å². The van der Waals surface area contributed by atoms with Crippen LogP contribution in [0, 0.1) is 6.92 Å². The summed E-state index contributed by atoms with van der Waals surface area (Å²) in [6, 6.07) is 0.658. The monoisotopic (exact) mass is 236 g/mol. The average molecular weight is 236 g/mol. The molecule has 17 heavy (non-hydrogen) atoms. The summed E-state index contributed by atoms with van der Waals surface area (Å²) in [5, 5.41) is 3.50. The quantitative estimate of drug-likeness (QED) is 0.869. The Bertz CT molecular complexity index is 358. The first-order valence-corrected chi connectivity index (χ1v) is 6.68. The number of hydrogen-bond acceptors (Lipinski definition) is 3. The van der Waals surface area contributed by atoms with Gasteiger partial charge < -0.3 is 14.8 Å². The van der Waals surface area contributed by atoms with E-state index in [1.165, 1.54) is 25.8 Å². The fraction of sp³-hybridized carbons (Fsp3) is 0.769. The summed E-state index contributed by atoms with van der Waals surface area (Å²) in [6.07, 6.45) is 6.11. The molecule has 1 aromatic rings. The van der Waals surface area contributed by atoms with Gasteiger partial charge in [-0.25, -0.2) is 4.98 Å². The number of hydrogen-bond donors (Lipinski definition) is 1. The molecule has 0 amide bonds. The maximum absolute atomic E-state index is 4.52. The molecule has 2 rings (SSSR count). The highest BCUT2D eigenvalue weighted by Gasteiger charge is 2.18. The Morgan fingerprint density at radius 2 is 2.29 bits per heavy atom. The van der Waals surface area contributed by atoms with E-state index in [0.717, 1.165) is 24.7 Å². The minimum absolute atomic E-state index is 0.658. The summed E-state index contributed by atoms with van der Waals surface area (Å²) in [5.41, 5.74) is 1.09. The lowest BCUT2D eigenvalue weighted by Crippen LogP contribution is -2.41. The number of nitrogens with zero attached hydrogens (tertiary/aromatic N) is 3. The van der Waals surface area contributed by atoms with Crippen molar-refractivity contribution in [2.24, 2.45) is 0 Å². The van der Waals surface area contributed by atoms with Crippen LogP contribution in [0.5, 0.6) is 0 Å². The second kappa shape index (κ2) is 5.54. The number of aromatic nitrogens is 2. The molecule has 1 N–H and O–H groups in total. The molecule has 1 fully saturated rings. The van der Waals surface area contributed by atoms with E-state index in [9.17, 15) is 0 Å². The third-order valence-electron chi connectivity index (χ3n) is 3.65. The van der Waals surface area contributed by atoms with Gasteiger partial charge in [-0.1, -0.05) is 6.42 Å². The molecule has 1 saturated heterocycles. The van der Waals surface area contributed by atoms with Crippen molar-refractivity contribution < 1.29 is 0 Å². The second-order valence-electron chi connectivity index (χ2n) is 5.00. The van der Waals surface area contributed by atoms with Gasteiger partial charge in [-0.2, -0.15) is 0 Å². The van der Waals surface area contributed by atoms with Gasteiger partial charge in [0.2, 0.25) is 5.95 Å². The highest BCUT2D eigenvalue weighted by atomic mass is 15.2. The Hall–Kier alpha value is -1.03. The van der Waals surface area contributed by atoms with Crippen LogP contribution in [0.4, 0.5) is 5.95 Å². The van der Waals surface area contributed by atoms with Crippen molar-refractivity contribution in [2.75, 3.05) is 25.5 Å². The van der Waals surface area contributed by atoms with Gasteiger partial charge >= 0.3 is 0 Å². The van der Waals surface area contributed by atoms with Crippen LogP contribution >= 0.6 is 0 Å². The van der Waals surface area contributed by atoms with Gasteiger partial charge in [0.25, 0.3) is 0 Å². The van der Waals surface area contributed by atoms with Gasteiger partial charge in [0, 0.05) is 25.3 Å². The average Bonchev–Trinajstić information content (AvgIpc) is 2.69. The molecule has 0 aliphatic carbocycles. The Morgan fingerprint density at radius 1 is 1.47 bits per heavy atom. The van der Waals surface area contributed by atoms with Crippen molar-refractivity contribution in [3.05, 3.63) is 11.9 Å². The molecule has 0 aromatic carbocycles. The first kappa shape index (κ1) is 12.4. The van der Waals surface area contributed by atoms with Crippen LogP contribution in [0.2, 0.25) is 0 Å². The molecule has 0 spiro atoms. The molecule has 1 unspecified atom stereocenters. The van der Waals surface area contributed by atoms with E-state index in [1.807, 2.05) is 6.92 Å². The summed E-state index contributed by atoms with van der Waals surface area (Å²) >= 11 is 0. The largest absolute Gasteiger partial charge is 0.354 e. The van der Waals surface area contributed by atoms with E-state index in [4.69, 9.17) is 0 Å². The number of likely N-dealkylation sites (N-methyl/N-ethyl adjacent to an activating group) is 1. The number of aryl methyl sites for hydroxylation is 2. The summed E-state index contributed by atoms with van der Waals surface area (Å²) in [4.78, 5) is 6.99. The van der Waals surface area contributed by atoms with Crippen LogP contribution in [-0.4, -0.2) is 40.6 Å². The third kappa shape index (κ3) is 3.00. The summed E-state index contributed by atoms with van der Waals surface area (Å²) < 4.78 is 2.18. The lowest BCUT2D eigenvalue weighted by molar-refractivity contribution is 0.194. The second-order valence-corrected chi connectivity index (χ2v) is 5.00. The molecule has 1 aromatic heterocycles. The van der Waals surface area contributed by atoms with Crippen molar-refractivity contribution in [1.29, 1.82) is 0 Å². The fourth-order valence-corrected chi connectivity index (χ4v) is 2.54. The maximum Gasteiger partial charge on any atom is 0.203 e. The third-order valence-corrected chi connectivity index (χ3v) is 3.65. The van der Waals surface area contributed by atoms with Crippen LogP contribution in [0.3, 0.4) is 0 Å². The predicted octanol–water partition coefficient (Wildman–Crippen LogP) is 2.11. The van der Waals surface area contributed by atoms with Gasteiger partial charge in [0.05, 0.1) is 5.69 Å². The molecule has 1 aliphatic heterocycles. The lowest BCUT2D eigenvalue weighted by Gasteiger charge is -2.32. The highest BCUT2D eigenvalue weighted by Crippen LogP contribution is 2.16. The highest BCUT2D eigenvalue weighted by molar-refractivity contribution is 5.29. The van der Waals surface area contributed by atoms with Crippen LogP contribution < -0.4 is 5.32 Å². The number of piperidine rings is 1. The first-order valence-electron chi connectivity index (χ1n) is 6.68. The molecule has 0 bridgehead atoms. The number of likely N-dealkylation sites (tertiary alicyclic amines) is 1. The van der Waals surface area contributed by atoms with E-state index >= 15 is 0 Å². The fourth-order valence-electron chi connectivity index (χ4n) is 2.54. The number of rotatable bonds is 4. The van der Waals surface area contributed by atoms with E-state index < -0.39 is 0 Å². The Labute approximate surface area is 104 Å². The first-order chi connectivity index (χ1) is 8.20.